The lowest BCUT2D eigenvalue weighted by Crippen LogP contribution is -2.26. The second-order valence-corrected chi connectivity index (χ2v) is 9.57. The van der Waals surface area contributed by atoms with Gasteiger partial charge in [-0.05, 0) is 37.8 Å². The van der Waals surface area contributed by atoms with Crippen LogP contribution in [0.3, 0.4) is 0 Å². The van der Waals surface area contributed by atoms with E-state index in [2.05, 4.69) is 46.0 Å². The van der Waals surface area contributed by atoms with Crippen LogP contribution < -0.4 is 10.1 Å². The van der Waals surface area contributed by atoms with Crippen LogP contribution in [0, 0.1) is 12.8 Å². The van der Waals surface area contributed by atoms with Crippen LogP contribution in [-0.4, -0.2) is 31.1 Å². The topological polar surface area (TPSA) is 95.1 Å². The molecular weight excluding hydrogens is 438 g/mol. The Labute approximate surface area is 199 Å². The predicted octanol–water partition coefficient (Wildman–Crippen LogP) is 5.49. The zero-order valence-electron chi connectivity index (χ0n) is 19.8. The molecule has 0 aliphatic heterocycles. The highest BCUT2D eigenvalue weighted by molar-refractivity contribution is 8.00. The van der Waals surface area contributed by atoms with Gasteiger partial charge in [-0.25, -0.2) is 0 Å². The van der Waals surface area contributed by atoms with E-state index in [9.17, 15) is 4.79 Å². The molecule has 0 aliphatic carbocycles. The summed E-state index contributed by atoms with van der Waals surface area (Å²) in [5.41, 5.74) is 0. The summed E-state index contributed by atoms with van der Waals surface area (Å²) in [4.78, 5) is 13.0. The van der Waals surface area contributed by atoms with E-state index in [-0.39, 0.29) is 11.2 Å². The van der Waals surface area contributed by atoms with Gasteiger partial charge >= 0.3 is 0 Å². The molecule has 2 aromatic heterocycles. The molecule has 3 rings (SSSR count). The van der Waals surface area contributed by atoms with Crippen LogP contribution in [0.1, 0.15) is 58.0 Å². The Morgan fingerprint density at radius 2 is 2.00 bits per heavy atom. The van der Waals surface area contributed by atoms with Gasteiger partial charge in [0.2, 0.25) is 5.91 Å². The van der Waals surface area contributed by atoms with Crippen molar-refractivity contribution in [1.82, 2.24) is 19.9 Å². The fourth-order valence-electron chi connectivity index (χ4n) is 3.18. The molecule has 1 amide bonds. The molecule has 0 bridgehead atoms. The second-order valence-electron chi connectivity index (χ2n) is 8.40. The minimum absolute atomic E-state index is 0.109. The highest BCUT2D eigenvalue weighted by Gasteiger charge is 2.25. The van der Waals surface area contributed by atoms with E-state index in [0.29, 0.717) is 24.1 Å². The Balaban J connectivity index is 1.76. The molecule has 2 heterocycles. The molecule has 1 N–H and O–H groups in total. The van der Waals surface area contributed by atoms with Crippen LogP contribution in [0.4, 0.5) is 5.82 Å². The Kier molecular flexibility index (Phi) is 9.35. The Hall–Kier alpha value is -2.81. The molecular formula is C24H33N5O3S. The van der Waals surface area contributed by atoms with Crippen molar-refractivity contribution in [3.05, 3.63) is 48.0 Å². The van der Waals surface area contributed by atoms with Gasteiger partial charge in [0.25, 0.3) is 0 Å². The molecule has 0 saturated carbocycles. The van der Waals surface area contributed by atoms with Gasteiger partial charge in [-0.2, -0.15) is 0 Å². The van der Waals surface area contributed by atoms with Crippen molar-refractivity contribution in [3.8, 4) is 5.75 Å². The van der Waals surface area contributed by atoms with Crippen LogP contribution in [0.2, 0.25) is 0 Å². The summed E-state index contributed by atoms with van der Waals surface area (Å²) < 4.78 is 13.1. The molecule has 0 aliphatic rings. The maximum absolute atomic E-state index is 13.0. The highest BCUT2D eigenvalue weighted by Crippen LogP contribution is 2.28. The first-order valence-corrected chi connectivity index (χ1v) is 12.3. The number of carbonyl (C=O) groups excluding carboxylic acids is 1. The van der Waals surface area contributed by atoms with Crippen molar-refractivity contribution < 1.29 is 14.1 Å². The third-order valence-electron chi connectivity index (χ3n) is 5.07. The molecule has 0 radical (unpaired) electrons. The zero-order chi connectivity index (χ0) is 23.6. The minimum atomic E-state index is -0.313. The number of rotatable bonds is 13. The van der Waals surface area contributed by atoms with Gasteiger partial charge in [0.15, 0.2) is 16.8 Å². The quantitative estimate of drug-likeness (QED) is 0.329. The summed E-state index contributed by atoms with van der Waals surface area (Å²) in [7, 11) is 0. The van der Waals surface area contributed by atoms with Crippen LogP contribution in [0.15, 0.2) is 46.1 Å². The number of unbranched alkanes of at least 4 members (excludes halogenated alkanes) is 1. The SMILES string of the molecule is CCCCC(Sc1nnc(COc2ccccc2)n1CCC(C)C)C(=O)Nc1cc(C)on1. The molecule has 9 heteroatoms. The molecule has 1 atom stereocenters. The molecule has 3 aromatic rings. The number of thioether (sulfide) groups is 1. The van der Waals surface area contributed by atoms with E-state index in [1.54, 1.807) is 13.0 Å². The van der Waals surface area contributed by atoms with Gasteiger partial charge in [0.05, 0.1) is 5.25 Å². The number of hydrogen-bond donors (Lipinski definition) is 1. The molecule has 8 nitrogen and oxygen atoms in total. The first-order valence-electron chi connectivity index (χ1n) is 11.5. The van der Waals surface area contributed by atoms with Gasteiger partial charge in [0, 0.05) is 12.6 Å². The van der Waals surface area contributed by atoms with E-state index < -0.39 is 0 Å². The van der Waals surface area contributed by atoms with Gasteiger partial charge < -0.3 is 19.1 Å². The van der Waals surface area contributed by atoms with E-state index in [1.165, 1.54) is 11.8 Å². The molecule has 0 spiro atoms. The number of ether oxygens (including phenoxy) is 1. The van der Waals surface area contributed by atoms with Crippen molar-refractivity contribution in [3.63, 3.8) is 0 Å². The average Bonchev–Trinajstić information content (AvgIpc) is 3.39. The maximum Gasteiger partial charge on any atom is 0.239 e. The number of carbonyl (C=O) groups is 1. The lowest BCUT2D eigenvalue weighted by Gasteiger charge is -2.17. The van der Waals surface area contributed by atoms with E-state index in [0.717, 1.165) is 49.0 Å². The number of hydrogen-bond acceptors (Lipinski definition) is 7. The highest BCUT2D eigenvalue weighted by atomic mass is 32.2. The summed E-state index contributed by atoms with van der Waals surface area (Å²) >= 11 is 1.45. The maximum atomic E-state index is 13.0. The molecule has 33 heavy (non-hydrogen) atoms. The minimum Gasteiger partial charge on any atom is -0.486 e. The number of nitrogens with one attached hydrogen (secondary N) is 1. The van der Waals surface area contributed by atoms with E-state index in [1.807, 2.05) is 30.3 Å². The van der Waals surface area contributed by atoms with Crippen LogP contribution >= 0.6 is 11.8 Å². The van der Waals surface area contributed by atoms with E-state index >= 15 is 0 Å². The number of amides is 1. The van der Waals surface area contributed by atoms with Crippen molar-refractivity contribution in [2.24, 2.45) is 5.92 Å². The molecule has 178 valence electrons. The molecule has 0 saturated heterocycles. The first kappa shape index (κ1) is 24.8. The number of anilines is 1. The monoisotopic (exact) mass is 471 g/mol. The molecule has 1 unspecified atom stereocenters. The van der Waals surface area contributed by atoms with Crippen molar-refractivity contribution in [2.75, 3.05) is 5.32 Å². The Bertz CT molecular complexity index is 1000. The Morgan fingerprint density at radius 3 is 2.67 bits per heavy atom. The summed E-state index contributed by atoms with van der Waals surface area (Å²) in [5.74, 6) is 3.04. The summed E-state index contributed by atoms with van der Waals surface area (Å²) in [6.45, 7) is 9.38. The zero-order valence-corrected chi connectivity index (χ0v) is 20.6. The van der Waals surface area contributed by atoms with Gasteiger partial charge in [-0.15, -0.1) is 10.2 Å². The van der Waals surface area contributed by atoms with Crippen LogP contribution in [0.25, 0.3) is 0 Å². The van der Waals surface area contributed by atoms with Crippen molar-refractivity contribution in [2.45, 2.75) is 76.9 Å². The third-order valence-corrected chi connectivity index (χ3v) is 6.32. The van der Waals surface area contributed by atoms with Crippen LogP contribution in [-0.2, 0) is 17.9 Å². The first-order chi connectivity index (χ1) is 16.0. The average molecular weight is 472 g/mol. The van der Waals surface area contributed by atoms with Gasteiger partial charge in [0.1, 0.15) is 18.1 Å². The lowest BCUT2D eigenvalue weighted by atomic mass is 10.1. The Morgan fingerprint density at radius 1 is 1.21 bits per heavy atom. The standard InChI is InChI=1S/C24H33N5O3S/c1-5-6-12-20(23(30)25-21-15-18(4)32-28-21)33-24-27-26-22(29(24)14-13-17(2)3)16-31-19-10-8-7-9-11-19/h7-11,15,17,20H,5-6,12-14,16H2,1-4H3,(H,25,28,30). The fourth-order valence-corrected chi connectivity index (χ4v) is 4.30. The number of aromatic nitrogens is 4. The number of benzene rings is 1. The van der Waals surface area contributed by atoms with Crippen LogP contribution in [0.5, 0.6) is 5.75 Å². The summed E-state index contributed by atoms with van der Waals surface area (Å²) in [5, 5.41) is 16.0. The predicted molar refractivity (Wildman–Crippen MR) is 129 cm³/mol. The summed E-state index contributed by atoms with van der Waals surface area (Å²) in [6, 6.07) is 11.4. The molecule has 1 aromatic carbocycles. The smallest absolute Gasteiger partial charge is 0.239 e. The lowest BCUT2D eigenvalue weighted by molar-refractivity contribution is -0.115. The number of nitrogens with zero attached hydrogens (tertiary/aromatic N) is 4. The second kappa shape index (κ2) is 12.4. The number of aryl methyl sites for hydroxylation is 1. The van der Waals surface area contributed by atoms with Crippen molar-refractivity contribution >= 4 is 23.5 Å². The normalized spacial score (nSPS) is 12.2. The van der Waals surface area contributed by atoms with Crippen molar-refractivity contribution in [1.29, 1.82) is 0 Å². The fraction of sp³-hybridized carbons (Fsp3) is 0.500. The van der Waals surface area contributed by atoms with Gasteiger partial charge in [-0.1, -0.05) is 68.7 Å². The largest absolute Gasteiger partial charge is 0.486 e. The summed E-state index contributed by atoms with van der Waals surface area (Å²) in [6.07, 6.45) is 3.65. The third kappa shape index (κ3) is 7.63. The number of para-hydroxylation sites is 1. The molecule has 0 fully saturated rings. The van der Waals surface area contributed by atoms with E-state index in [4.69, 9.17) is 9.26 Å². The van der Waals surface area contributed by atoms with Gasteiger partial charge in [-0.3, -0.25) is 4.79 Å².